The van der Waals surface area contributed by atoms with Crippen LogP contribution < -0.4 is 19.4 Å². The number of nitro benzene ring substituents is 2. The standard InChI is InChI=1S/C35H27BrCl2FN5O10/c1-40(2)28-23(43(50)51)12-18(13-24(28)44(52)53)41-30(46)20-9-8-19-21(26(20)31(41)47)14-34(37)32(48)42(17-6-4-16(39)5-7-17)33(49)35(34,38)27(19)15-10-22(36)29(45)25(11-15)54-3/h4-8,10-13,20-21,26-27,45H,9,14H2,1-3H3/t20-,21+,26-,27-,34+,35-/m0/s1. The second-order valence-electron chi connectivity index (χ2n) is 13.6. The summed E-state index contributed by atoms with van der Waals surface area (Å²) in [6, 6.07) is 9.19. The molecule has 4 aliphatic rings. The predicted octanol–water partition coefficient (Wildman–Crippen LogP) is 5.95. The first-order valence-corrected chi connectivity index (χ1v) is 17.7. The smallest absolute Gasteiger partial charge is 0.301 e. The lowest BCUT2D eigenvalue weighted by molar-refractivity contribution is -0.392. The minimum absolute atomic E-state index is 0.0263. The molecule has 6 atom stereocenters. The molecule has 4 amide bonds. The van der Waals surface area contributed by atoms with Gasteiger partial charge in [-0.15, -0.1) is 23.2 Å². The van der Waals surface area contributed by atoms with Crippen molar-refractivity contribution in [1.82, 2.24) is 0 Å². The molecule has 19 heteroatoms. The van der Waals surface area contributed by atoms with Crippen molar-refractivity contribution < 1.29 is 43.3 Å². The number of carbonyl (C=O) groups excluding carboxylic acids is 4. The van der Waals surface area contributed by atoms with Crippen LogP contribution in [0.1, 0.15) is 24.3 Å². The largest absolute Gasteiger partial charge is 0.503 e. The zero-order valence-corrected chi connectivity index (χ0v) is 31.4. The molecule has 7 rings (SSSR count). The monoisotopic (exact) mass is 845 g/mol. The number of hydrogen-bond donors (Lipinski definition) is 1. The number of nitro groups is 2. The third-order valence-corrected chi connectivity index (χ3v) is 12.7. The number of halogens is 4. The third-order valence-electron chi connectivity index (χ3n) is 10.7. The van der Waals surface area contributed by atoms with Gasteiger partial charge in [0.1, 0.15) is 5.82 Å². The Morgan fingerprint density at radius 1 is 0.926 bits per heavy atom. The fraction of sp³-hybridized carbons (Fsp3) is 0.314. The number of amides is 4. The molecule has 3 aromatic rings. The normalized spacial score (nSPS) is 27.4. The molecule has 280 valence electrons. The first-order valence-electron chi connectivity index (χ1n) is 16.2. The van der Waals surface area contributed by atoms with Gasteiger partial charge in [0, 0.05) is 32.1 Å². The summed E-state index contributed by atoms with van der Waals surface area (Å²) in [6.07, 6.45) is 1.11. The van der Waals surface area contributed by atoms with Crippen LogP contribution in [-0.4, -0.2) is 69.5 Å². The number of nitrogens with zero attached hydrogens (tertiary/aromatic N) is 5. The van der Waals surface area contributed by atoms with Crippen LogP contribution in [0.5, 0.6) is 11.5 Å². The van der Waals surface area contributed by atoms with Crippen LogP contribution >= 0.6 is 39.1 Å². The number of phenolic OH excluding ortho intramolecular Hbond substituents is 1. The van der Waals surface area contributed by atoms with Crippen molar-refractivity contribution in [1.29, 1.82) is 0 Å². The molecule has 2 saturated heterocycles. The number of anilines is 3. The number of benzene rings is 3. The van der Waals surface area contributed by atoms with Crippen LogP contribution in [0.15, 0.2) is 64.7 Å². The SMILES string of the molecule is COc1cc([C@H]2C3=CC[C@@H]4C(=O)N(c5cc([N+](=O)[O-])c(N(C)C)c([N+](=O)[O-])c5)C(=O)[C@@H]4[C@@H]3C[C@@]3(Cl)C(=O)N(c4ccc(F)cc4)C(=O)[C@@]23Cl)cc(Br)c1O. The molecule has 3 aromatic carbocycles. The van der Waals surface area contributed by atoms with E-state index in [2.05, 4.69) is 15.9 Å². The Balaban J connectivity index is 1.41. The molecule has 2 aliphatic heterocycles. The van der Waals surface area contributed by atoms with Crippen LogP contribution in [-0.2, 0) is 19.2 Å². The number of ether oxygens (including phenoxy) is 1. The van der Waals surface area contributed by atoms with E-state index in [0.29, 0.717) is 10.5 Å². The number of alkyl halides is 2. The highest BCUT2D eigenvalue weighted by Crippen LogP contribution is 2.66. The summed E-state index contributed by atoms with van der Waals surface area (Å²) in [5, 5.41) is 34.9. The first-order chi connectivity index (χ1) is 25.4. The topological polar surface area (TPSA) is 194 Å². The number of imide groups is 2. The van der Waals surface area contributed by atoms with E-state index >= 15 is 0 Å². The summed E-state index contributed by atoms with van der Waals surface area (Å²) >= 11 is 18.1. The number of hydrogen-bond acceptors (Lipinski definition) is 11. The van der Waals surface area contributed by atoms with Crippen LogP contribution in [0, 0.1) is 43.8 Å². The van der Waals surface area contributed by atoms with Gasteiger partial charge in [-0.3, -0.25) is 39.4 Å². The van der Waals surface area contributed by atoms with Crippen molar-refractivity contribution in [2.45, 2.75) is 28.5 Å². The molecule has 3 fully saturated rings. The van der Waals surface area contributed by atoms with Crippen molar-refractivity contribution in [3.8, 4) is 11.5 Å². The lowest BCUT2D eigenvalue weighted by Gasteiger charge is -2.50. The molecule has 0 radical (unpaired) electrons. The van der Waals surface area contributed by atoms with E-state index in [1.165, 1.54) is 50.4 Å². The number of rotatable bonds is 7. The number of allylic oxidation sites excluding steroid dienone is 2. The Kier molecular flexibility index (Phi) is 8.77. The fourth-order valence-electron chi connectivity index (χ4n) is 8.40. The average molecular weight is 847 g/mol. The number of fused-ring (bicyclic) bond motifs is 4. The number of aromatic hydroxyl groups is 1. The maximum absolute atomic E-state index is 14.6. The van der Waals surface area contributed by atoms with Crippen molar-refractivity contribution in [2.75, 3.05) is 35.9 Å². The molecule has 0 spiro atoms. The molecule has 0 unspecified atom stereocenters. The van der Waals surface area contributed by atoms with E-state index in [4.69, 9.17) is 27.9 Å². The molecular formula is C35H27BrCl2FN5O10. The summed E-state index contributed by atoms with van der Waals surface area (Å²) in [6.45, 7) is 0. The lowest BCUT2D eigenvalue weighted by atomic mass is 9.56. The number of carbonyl (C=O) groups is 4. The van der Waals surface area contributed by atoms with Crippen molar-refractivity contribution >= 4 is 91.2 Å². The van der Waals surface area contributed by atoms with Crippen LogP contribution in [0.3, 0.4) is 0 Å². The first kappa shape index (κ1) is 37.2. The van der Waals surface area contributed by atoms with Gasteiger partial charge in [0.2, 0.25) is 11.8 Å². The maximum atomic E-state index is 14.6. The van der Waals surface area contributed by atoms with Crippen molar-refractivity contribution in [2.24, 2.45) is 17.8 Å². The Morgan fingerprint density at radius 2 is 1.54 bits per heavy atom. The van der Waals surface area contributed by atoms with Gasteiger partial charge in [-0.1, -0.05) is 11.6 Å². The maximum Gasteiger partial charge on any atom is 0.301 e. The highest BCUT2D eigenvalue weighted by atomic mass is 79.9. The third kappa shape index (κ3) is 5.04. The number of phenols is 1. The van der Waals surface area contributed by atoms with Gasteiger partial charge in [-0.25, -0.2) is 14.2 Å². The average Bonchev–Trinajstić information content (AvgIpc) is 3.46. The van der Waals surface area contributed by atoms with Gasteiger partial charge in [0.25, 0.3) is 11.8 Å². The van der Waals surface area contributed by atoms with E-state index in [1.807, 2.05) is 0 Å². The van der Waals surface area contributed by atoms with E-state index < -0.39 is 96.2 Å². The molecule has 54 heavy (non-hydrogen) atoms. The molecule has 2 aliphatic carbocycles. The zero-order valence-electron chi connectivity index (χ0n) is 28.3. The quantitative estimate of drug-likeness (QED) is 0.0971. The highest BCUT2D eigenvalue weighted by molar-refractivity contribution is 9.10. The Labute approximate surface area is 323 Å². The highest BCUT2D eigenvalue weighted by Gasteiger charge is 2.76. The Hall–Kier alpha value is -5.13. The van der Waals surface area contributed by atoms with Gasteiger partial charge in [-0.2, -0.15) is 0 Å². The van der Waals surface area contributed by atoms with Crippen LogP contribution in [0.2, 0.25) is 0 Å². The van der Waals surface area contributed by atoms with Crippen molar-refractivity contribution in [3.05, 3.63) is 96.3 Å². The van der Waals surface area contributed by atoms with Crippen molar-refractivity contribution in [3.63, 3.8) is 0 Å². The summed E-state index contributed by atoms with van der Waals surface area (Å²) in [4.78, 5) is 78.3. The van der Waals surface area contributed by atoms with Crippen LogP contribution in [0.4, 0.5) is 32.8 Å². The molecule has 1 saturated carbocycles. The molecule has 2 heterocycles. The summed E-state index contributed by atoms with van der Waals surface area (Å²) in [5.41, 5.74) is -1.60. The molecule has 15 nitrogen and oxygen atoms in total. The number of methoxy groups -OCH3 is 1. The van der Waals surface area contributed by atoms with Crippen LogP contribution in [0.25, 0.3) is 0 Å². The zero-order chi connectivity index (χ0) is 39.3. The van der Waals surface area contributed by atoms with Gasteiger partial charge < -0.3 is 14.7 Å². The minimum atomic E-state index is -2.29. The molecule has 0 bridgehead atoms. The summed E-state index contributed by atoms with van der Waals surface area (Å²) in [7, 11) is 4.03. The van der Waals surface area contributed by atoms with Gasteiger partial charge in [0.15, 0.2) is 26.9 Å². The van der Waals surface area contributed by atoms with Gasteiger partial charge in [-0.05, 0) is 76.7 Å². The summed E-state index contributed by atoms with van der Waals surface area (Å²) in [5.74, 6) is -9.21. The predicted molar refractivity (Wildman–Crippen MR) is 196 cm³/mol. The molecule has 1 N–H and O–H groups in total. The summed E-state index contributed by atoms with van der Waals surface area (Å²) < 4.78 is 19.5. The van der Waals surface area contributed by atoms with E-state index in [9.17, 15) is 48.9 Å². The lowest BCUT2D eigenvalue weighted by Crippen LogP contribution is -2.60. The molecular weight excluding hydrogens is 820 g/mol. The molecule has 0 aromatic heterocycles. The second-order valence-corrected chi connectivity index (χ2v) is 15.7. The van der Waals surface area contributed by atoms with E-state index in [-0.39, 0.29) is 39.3 Å². The second kappa shape index (κ2) is 12.7. The minimum Gasteiger partial charge on any atom is -0.503 e. The van der Waals surface area contributed by atoms with Gasteiger partial charge in [0.05, 0.1) is 44.6 Å². The fourth-order valence-corrected chi connectivity index (χ4v) is 9.79. The Bertz CT molecular complexity index is 2240. The van der Waals surface area contributed by atoms with E-state index in [1.54, 1.807) is 6.08 Å². The van der Waals surface area contributed by atoms with E-state index in [0.717, 1.165) is 29.2 Å². The Morgan fingerprint density at radius 3 is 2.09 bits per heavy atom. The van der Waals surface area contributed by atoms with Gasteiger partial charge >= 0.3 is 11.4 Å².